The van der Waals surface area contributed by atoms with Crippen LogP contribution in [0.2, 0.25) is 4.75 Å². The first-order valence-electron chi connectivity index (χ1n) is 3.13. The Morgan fingerprint density at radius 2 is 2.00 bits per heavy atom. The molecule has 0 fully saturated rings. The molecule has 66 valence electrons. The van der Waals surface area contributed by atoms with Gasteiger partial charge in [-0.2, -0.15) is 0 Å². The Bertz CT molecular complexity index is 145. The Balaban J connectivity index is 4.03. The van der Waals surface area contributed by atoms with Crippen LogP contribution in [0.3, 0.4) is 0 Å². The Kier molecular flexibility index (Phi) is 5.18. The van der Waals surface area contributed by atoms with E-state index in [4.69, 9.17) is 30.0 Å². The van der Waals surface area contributed by atoms with Crippen molar-refractivity contribution < 1.29 is 9.53 Å². The molecule has 0 amide bonds. The average Bonchev–Trinajstić information content (AvgIpc) is 1.85. The van der Waals surface area contributed by atoms with Gasteiger partial charge in [-0.15, -0.1) is 0 Å². The number of carbonyl (C=O) groups excluding carboxylic acids is 1. The van der Waals surface area contributed by atoms with Crippen LogP contribution in [0.1, 0.15) is 13.8 Å². The molecule has 0 spiro atoms. The van der Waals surface area contributed by atoms with Crippen LogP contribution in [0, 0.1) is 0 Å². The van der Waals surface area contributed by atoms with E-state index in [2.05, 4.69) is 4.74 Å². The first-order valence-corrected chi connectivity index (χ1v) is 12.6. The molecule has 0 saturated heterocycles. The molecule has 0 aromatic rings. The van der Waals surface area contributed by atoms with Crippen LogP contribution in [0.15, 0.2) is 0 Å². The van der Waals surface area contributed by atoms with E-state index in [9.17, 15) is 4.79 Å². The van der Waals surface area contributed by atoms with Crippen LogP contribution in [0.5, 0.6) is 0 Å². The first kappa shape index (κ1) is 11.9. The van der Waals surface area contributed by atoms with Crippen molar-refractivity contribution in [3.05, 3.63) is 0 Å². The van der Waals surface area contributed by atoms with Crippen molar-refractivity contribution in [1.82, 2.24) is 0 Å². The van der Waals surface area contributed by atoms with Gasteiger partial charge in [0.25, 0.3) is 0 Å². The van der Waals surface area contributed by atoms with E-state index >= 15 is 0 Å². The topological polar surface area (TPSA) is 26.3 Å². The molecule has 1 atom stereocenters. The summed E-state index contributed by atoms with van der Waals surface area (Å²) in [4.78, 5) is 11.0. The van der Waals surface area contributed by atoms with Gasteiger partial charge in [-0.3, -0.25) is 0 Å². The van der Waals surface area contributed by atoms with E-state index in [-0.39, 0.29) is 0 Å². The van der Waals surface area contributed by atoms with Gasteiger partial charge in [-0.1, -0.05) is 0 Å². The van der Waals surface area contributed by atoms with Crippen LogP contribution in [0.25, 0.3) is 0 Å². The monoisotopic (exact) mass is 280 g/mol. The molecule has 0 radical (unpaired) electrons. The zero-order valence-corrected chi connectivity index (χ0v) is 10.6. The Labute approximate surface area is 81.0 Å². The summed E-state index contributed by atoms with van der Waals surface area (Å²) in [5, 5.41) is 0. The average molecular weight is 280 g/mol. The second-order valence-corrected chi connectivity index (χ2v) is 18.4. The third-order valence-corrected chi connectivity index (χ3v) is 8.79. The van der Waals surface area contributed by atoms with Crippen LogP contribution in [-0.4, -0.2) is 23.1 Å². The van der Waals surface area contributed by atoms with E-state index < -0.39 is 21.2 Å². The summed E-state index contributed by atoms with van der Waals surface area (Å²) in [6.45, 7) is 3.63. The maximum atomic E-state index is 11.0. The summed E-state index contributed by atoms with van der Waals surface area (Å²) in [6, 6.07) is 0. The van der Waals surface area contributed by atoms with Gasteiger partial charge >= 0.3 is 81.2 Å². The van der Waals surface area contributed by atoms with E-state index in [1.54, 1.807) is 13.8 Å². The van der Waals surface area contributed by atoms with Crippen molar-refractivity contribution in [1.29, 1.82) is 0 Å². The molecule has 0 aliphatic heterocycles. The predicted octanol–water partition coefficient (Wildman–Crippen LogP) is 2.59. The number of ether oxygens (including phenoxy) is 1. The van der Waals surface area contributed by atoms with Gasteiger partial charge in [0.05, 0.1) is 0 Å². The molecular formula is C5H9Cl3GeO2. The van der Waals surface area contributed by atoms with Crippen molar-refractivity contribution in [3.8, 4) is 0 Å². The normalized spacial score (nSPS) is 14.3. The third kappa shape index (κ3) is 4.46. The van der Waals surface area contributed by atoms with Crippen molar-refractivity contribution in [2.75, 3.05) is 6.61 Å². The zero-order chi connectivity index (χ0) is 9.07. The van der Waals surface area contributed by atoms with Gasteiger partial charge in [-0.05, 0) is 0 Å². The van der Waals surface area contributed by atoms with Gasteiger partial charge in [-0.25, -0.2) is 0 Å². The zero-order valence-electron chi connectivity index (χ0n) is 6.23. The van der Waals surface area contributed by atoms with Crippen molar-refractivity contribution in [2.24, 2.45) is 0 Å². The fourth-order valence-electron chi connectivity index (χ4n) is 0.401. The number of rotatable bonds is 3. The Morgan fingerprint density at radius 3 is 2.27 bits per heavy atom. The molecule has 0 aliphatic rings. The fraction of sp³-hybridized carbons (Fsp3) is 0.800. The van der Waals surface area contributed by atoms with E-state index in [0.717, 1.165) is 0 Å². The van der Waals surface area contributed by atoms with Crippen molar-refractivity contribution >= 4 is 46.5 Å². The summed E-state index contributed by atoms with van der Waals surface area (Å²) in [7, 11) is 13.5. The number of hydrogen-bond acceptors (Lipinski definition) is 2. The predicted molar refractivity (Wildman–Crippen MR) is 49.4 cm³/mol. The van der Waals surface area contributed by atoms with Gasteiger partial charge < -0.3 is 0 Å². The molecule has 2 nitrogen and oxygen atoms in total. The van der Waals surface area contributed by atoms with Crippen molar-refractivity contribution in [3.63, 3.8) is 0 Å². The summed E-state index contributed by atoms with van der Waals surface area (Å²) in [6.07, 6.45) is 0. The van der Waals surface area contributed by atoms with E-state index in [0.29, 0.717) is 6.61 Å². The second-order valence-electron chi connectivity index (χ2n) is 2.02. The summed E-state index contributed by atoms with van der Waals surface area (Å²) < 4.78 is 4.14. The van der Waals surface area contributed by atoms with Gasteiger partial charge in [0.2, 0.25) is 0 Å². The van der Waals surface area contributed by atoms with Crippen LogP contribution >= 0.6 is 30.0 Å². The summed E-state index contributed by atoms with van der Waals surface area (Å²) in [5.41, 5.74) is 0. The molecule has 11 heavy (non-hydrogen) atoms. The minimum absolute atomic E-state index is 0.326. The van der Waals surface area contributed by atoms with Gasteiger partial charge in [0, 0.05) is 0 Å². The number of carbonyl (C=O) groups is 1. The molecular weight excluding hydrogens is 271 g/mol. The maximum absolute atomic E-state index is 11.0. The van der Waals surface area contributed by atoms with Crippen LogP contribution < -0.4 is 0 Å². The molecule has 0 aliphatic carbocycles. The number of halogens is 3. The molecule has 6 heteroatoms. The Morgan fingerprint density at radius 1 is 1.55 bits per heavy atom. The summed E-state index contributed by atoms with van der Waals surface area (Å²) >= 11 is 0. The Hall–Kier alpha value is 0.883. The quantitative estimate of drug-likeness (QED) is 0.586. The molecule has 0 saturated carbocycles. The molecule has 0 N–H and O–H groups in total. The van der Waals surface area contributed by atoms with E-state index in [1.165, 1.54) is 0 Å². The standard InChI is InChI=1S/C5H9Cl3GeO2/c1-3-11-5(10)4(2)9(6,7)8/h4H,3H2,1-2H3. The van der Waals surface area contributed by atoms with Crippen LogP contribution in [0.4, 0.5) is 0 Å². The molecule has 1 unspecified atom stereocenters. The minimum atomic E-state index is -3.39. The molecule has 0 bridgehead atoms. The number of hydrogen-bond donors (Lipinski definition) is 0. The van der Waals surface area contributed by atoms with E-state index in [1.807, 2.05) is 0 Å². The SMILES string of the molecule is CCOC(=O)[CH](C)[Ge]([Cl])([Cl])[Cl]. The molecule has 0 aromatic carbocycles. The van der Waals surface area contributed by atoms with Gasteiger partial charge in [0.1, 0.15) is 0 Å². The van der Waals surface area contributed by atoms with Crippen LogP contribution in [-0.2, 0) is 9.53 Å². The molecule has 0 heterocycles. The molecule has 0 rings (SSSR count). The number of esters is 1. The molecule has 0 aromatic heterocycles. The van der Waals surface area contributed by atoms with Crippen molar-refractivity contribution in [2.45, 2.75) is 18.6 Å². The summed E-state index contributed by atoms with van der Waals surface area (Å²) in [5.74, 6) is -0.410. The second kappa shape index (κ2) is 4.80. The first-order chi connectivity index (χ1) is 4.89. The third-order valence-electron chi connectivity index (χ3n) is 1.13. The van der Waals surface area contributed by atoms with Gasteiger partial charge in [0.15, 0.2) is 0 Å². The fourth-order valence-corrected chi connectivity index (χ4v) is 2.53.